The van der Waals surface area contributed by atoms with Crippen molar-refractivity contribution in [3.8, 4) is 16.9 Å². The summed E-state index contributed by atoms with van der Waals surface area (Å²) in [5.74, 6) is -1.38. The molecule has 5 nitrogen and oxygen atoms in total. The molecule has 156 valence electrons. The standard InChI is InChI=1S/C22H19ClFNO4S/c1-3-28-14-10-8-13(9-11-14)15-12-30-21(18(15)22(27)29-4-2)25-20(26)19-16(23)6-5-7-17(19)24/h5-12H,3-4H2,1-2H3,(H,25,26). The maximum Gasteiger partial charge on any atom is 0.341 e. The molecule has 3 aromatic rings. The monoisotopic (exact) mass is 447 g/mol. The number of nitrogens with one attached hydrogen (secondary N) is 1. The molecule has 2 aromatic carbocycles. The number of carbonyl (C=O) groups excluding carboxylic acids is 2. The predicted molar refractivity (Wildman–Crippen MR) is 116 cm³/mol. The highest BCUT2D eigenvalue weighted by molar-refractivity contribution is 7.15. The average molecular weight is 448 g/mol. The predicted octanol–water partition coefficient (Wildman–Crippen LogP) is 6.04. The van der Waals surface area contributed by atoms with E-state index in [-0.39, 0.29) is 27.8 Å². The second-order valence-electron chi connectivity index (χ2n) is 6.08. The minimum absolute atomic E-state index is 0.0199. The molecule has 0 aliphatic heterocycles. The lowest BCUT2D eigenvalue weighted by Crippen LogP contribution is -2.16. The van der Waals surface area contributed by atoms with E-state index in [1.54, 1.807) is 24.4 Å². The number of thiophene rings is 1. The summed E-state index contributed by atoms with van der Waals surface area (Å²) in [6.45, 7) is 4.30. The van der Waals surface area contributed by atoms with E-state index in [1.807, 2.05) is 19.1 Å². The second kappa shape index (κ2) is 9.73. The van der Waals surface area contributed by atoms with Gasteiger partial charge in [-0.15, -0.1) is 11.3 Å². The molecule has 0 unspecified atom stereocenters. The largest absolute Gasteiger partial charge is 0.494 e. The Morgan fingerprint density at radius 2 is 1.80 bits per heavy atom. The number of hydrogen-bond acceptors (Lipinski definition) is 5. The van der Waals surface area contributed by atoms with Crippen LogP contribution < -0.4 is 10.1 Å². The zero-order valence-corrected chi connectivity index (χ0v) is 17.9. The highest BCUT2D eigenvalue weighted by Gasteiger charge is 2.25. The number of esters is 1. The first kappa shape index (κ1) is 21.8. The zero-order valence-electron chi connectivity index (χ0n) is 16.3. The molecule has 0 radical (unpaired) electrons. The third-order valence-electron chi connectivity index (χ3n) is 4.16. The minimum Gasteiger partial charge on any atom is -0.494 e. The lowest BCUT2D eigenvalue weighted by atomic mass is 10.0. The van der Waals surface area contributed by atoms with E-state index in [4.69, 9.17) is 21.1 Å². The summed E-state index contributed by atoms with van der Waals surface area (Å²) in [6.07, 6.45) is 0. The SMILES string of the molecule is CCOC(=O)c1c(-c2ccc(OCC)cc2)csc1NC(=O)c1c(F)cccc1Cl. The Morgan fingerprint density at radius 1 is 1.07 bits per heavy atom. The fourth-order valence-electron chi connectivity index (χ4n) is 2.85. The number of ether oxygens (including phenoxy) is 2. The molecular formula is C22H19ClFNO4S. The maximum absolute atomic E-state index is 14.1. The van der Waals surface area contributed by atoms with Crippen LogP contribution in [0.25, 0.3) is 11.1 Å². The Bertz CT molecular complexity index is 1050. The molecule has 1 heterocycles. The molecule has 30 heavy (non-hydrogen) atoms. The van der Waals surface area contributed by atoms with E-state index in [1.165, 1.54) is 12.1 Å². The topological polar surface area (TPSA) is 64.6 Å². The fourth-order valence-corrected chi connectivity index (χ4v) is 4.05. The van der Waals surface area contributed by atoms with Gasteiger partial charge in [0.25, 0.3) is 5.91 Å². The van der Waals surface area contributed by atoms with E-state index >= 15 is 0 Å². The van der Waals surface area contributed by atoms with Crippen molar-refractivity contribution in [3.63, 3.8) is 0 Å². The van der Waals surface area contributed by atoms with Crippen LogP contribution in [0.1, 0.15) is 34.6 Å². The van der Waals surface area contributed by atoms with Crippen LogP contribution in [0, 0.1) is 5.82 Å². The van der Waals surface area contributed by atoms with Crippen molar-refractivity contribution in [1.29, 1.82) is 0 Å². The van der Waals surface area contributed by atoms with Crippen LogP contribution in [0.3, 0.4) is 0 Å². The van der Waals surface area contributed by atoms with E-state index in [2.05, 4.69) is 5.32 Å². The molecule has 3 rings (SSSR count). The summed E-state index contributed by atoms with van der Waals surface area (Å²) < 4.78 is 24.7. The summed E-state index contributed by atoms with van der Waals surface area (Å²) in [6, 6.07) is 11.2. The van der Waals surface area contributed by atoms with E-state index in [9.17, 15) is 14.0 Å². The first-order chi connectivity index (χ1) is 14.5. The highest BCUT2D eigenvalue weighted by Crippen LogP contribution is 2.37. The normalized spacial score (nSPS) is 10.5. The highest BCUT2D eigenvalue weighted by atomic mass is 35.5. The number of hydrogen-bond donors (Lipinski definition) is 1. The second-order valence-corrected chi connectivity index (χ2v) is 7.37. The summed E-state index contributed by atoms with van der Waals surface area (Å²) in [7, 11) is 0. The van der Waals surface area contributed by atoms with Crippen LogP contribution in [0.4, 0.5) is 9.39 Å². The van der Waals surface area contributed by atoms with Crippen molar-refractivity contribution in [3.05, 3.63) is 69.8 Å². The molecule has 0 fully saturated rings. The molecule has 0 spiro atoms. The first-order valence-electron chi connectivity index (χ1n) is 9.23. The van der Waals surface area contributed by atoms with E-state index in [0.29, 0.717) is 17.9 Å². The summed E-state index contributed by atoms with van der Waals surface area (Å²) in [4.78, 5) is 25.3. The quantitative estimate of drug-likeness (QED) is 0.449. The number of amides is 1. The van der Waals surface area contributed by atoms with Gasteiger partial charge in [-0.05, 0) is 43.7 Å². The summed E-state index contributed by atoms with van der Waals surface area (Å²) >= 11 is 7.13. The number of rotatable bonds is 7. The number of carbonyl (C=O) groups is 2. The Labute approximate surface area is 182 Å². The Kier molecular flexibility index (Phi) is 7.07. The molecule has 1 aromatic heterocycles. The molecule has 1 amide bonds. The van der Waals surface area contributed by atoms with Crippen molar-refractivity contribution >= 4 is 39.8 Å². The molecule has 8 heteroatoms. The lowest BCUT2D eigenvalue weighted by Gasteiger charge is -2.10. The molecule has 0 saturated carbocycles. The van der Waals surface area contributed by atoms with Crippen LogP contribution in [0.15, 0.2) is 47.8 Å². The molecular weight excluding hydrogens is 429 g/mol. The number of anilines is 1. The summed E-state index contributed by atoms with van der Waals surface area (Å²) in [5, 5.41) is 4.57. The van der Waals surface area contributed by atoms with Crippen molar-refractivity contribution in [2.45, 2.75) is 13.8 Å². The maximum atomic E-state index is 14.1. The van der Waals surface area contributed by atoms with Crippen LogP contribution in [-0.2, 0) is 4.74 Å². The van der Waals surface area contributed by atoms with Gasteiger partial charge in [0.05, 0.1) is 23.8 Å². The van der Waals surface area contributed by atoms with Crippen LogP contribution >= 0.6 is 22.9 Å². The zero-order chi connectivity index (χ0) is 21.7. The van der Waals surface area contributed by atoms with Gasteiger partial charge in [-0.25, -0.2) is 9.18 Å². The smallest absolute Gasteiger partial charge is 0.341 e. The minimum atomic E-state index is -0.749. The van der Waals surface area contributed by atoms with Gasteiger partial charge < -0.3 is 14.8 Å². The van der Waals surface area contributed by atoms with Gasteiger partial charge >= 0.3 is 5.97 Å². The first-order valence-corrected chi connectivity index (χ1v) is 10.5. The van der Waals surface area contributed by atoms with Gasteiger partial charge in [-0.1, -0.05) is 29.8 Å². The van der Waals surface area contributed by atoms with Crippen molar-refractivity contribution in [1.82, 2.24) is 0 Å². The van der Waals surface area contributed by atoms with E-state index < -0.39 is 17.7 Å². The molecule has 0 aliphatic rings. The summed E-state index contributed by atoms with van der Waals surface area (Å²) in [5.41, 5.74) is 1.26. The van der Waals surface area contributed by atoms with Crippen LogP contribution in [0.5, 0.6) is 5.75 Å². The molecule has 0 saturated heterocycles. The van der Waals surface area contributed by atoms with Crippen molar-refractivity contribution in [2.75, 3.05) is 18.5 Å². The number of halogens is 2. The average Bonchev–Trinajstić information content (AvgIpc) is 3.12. The van der Waals surface area contributed by atoms with Gasteiger partial charge in [0.2, 0.25) is 0 Å². The van der Waals surface area contributed by atoms with Crippen LogP contribution in [0.2, 0.25) is 5.02 Å². The van der Waals surface area contributed by atoms with Crippen LogP contribution in [-0.4, -0.2) is 25.1 Å². The number of benzene rings is 2. The fraction of sp³-hybridized carbons (Fsp3) is 0.182. The lowest BCUT2D eigenvalue weighted by molar-refractivity contribution is 0.0529. The Balaban J connectivity index is 1.99. The van der Waals surface area contributed by atoms with Gasteiger partial charge in [0, 0.05) is 10.9 Å². The third kappa shape index (κ3) is 4.63. The third-order valence-corrected chi connectivity index (χ3v) is 5.37. The van der Waals surface area contributed by atoms with Crippen molar-refractivity contribution in [2.24, 2.45) is 0 Å². The molecule has 0 aliphatic carbocycles. The van der Waals surface area contributed by atoms with Gasteiger partial charge in [-0.2, -0.15) is 0 Å². The van der Waals surface area contributed by atoms with E-state index in [0.717, 1.165) is 23.0 Å². The molecule has 0 bridgehead atoms. The van der Waals surface area contributed by atoms with Gasteiger partial charge in [0.15, 0.2) is 0 Å². The van der Waals surface area contributed by atoms with Gasteiger partial charge in [-0.3, -0.25) is 4.79 Å². The van der Waals surface area contributed by atoms with Crippen molar-refractivity contribution < 1.29 is 23.5 Å². The Hall–Kier alpha value is -2.90. The molecule has 1 N–H and O–H groups in total. The van der Waals surface area contributed by atoms with Gasteiger partial charge in [0.1, 0.15) is 22.1 Å². The molecule has 0 atom stereocenters. The Morgan fingerprint density at radius 3 is 2.43 bits per heavy atom.